The highest BCUT2D eigenvalue weighted by molar-refractivity contribution is 7.13. The van der Waals surface area contributed by atoms with E-state index in [2.05, 4.69) is 15.7 Å². The van der Waals surface area contributed by atoms with E-state index in [4.69, 9.17) is 0 Å². The molecule has 0 atom stereocenters. The molecule has 25 heavy (non-hydrogen) atoms. The predicted molar refractivity (Wildman–Crippen MR) is 94.2 cm³/mol. The first-order chi connectivity index (χ1) is 12.0. The zero-order valence-corrected chi connectivity index (χ0v) is 14.2. The van der Waals surface area contributed by atoms with Crippen molar-refractivity contribution in [2.75, 3.05) is 11.9 Å². The van der Waals surface area contributed by atoms with E-state index in [0.717, 1.165) is 4.88 Å². The summed E-state index contributed by atoms with van der Waals surface area (Å²) < 4.78 is 15.6. The number of carbonyl (C=O) groups excluding carboxylic acids is 1. The lowest BCUT2D eigenvalue weighted by atomic mass is 10.3. The number of thiophene rings is 1. The van der Waals surface area contributed by atoms with Crippen LogP contribution in [-0.2, 0) is 13.6 Å². The van der Waals surface area contributed by atoms with Gasteiger partial charge >= 0.3 is 11.7 Å². The van der Waals surface area contributed by atoms with Crippen LogP contribution in [-0.4, -0.2) is 26.9 Å². The number of rotatable bonds is 5. The quantitative estimate of drug-likeness (QED) is 0.731. The molecule has 0 aliphatic rings. The fourth-order valence-electron chi connectivity index (χ4n) is 2.24. The van der Waals surface area contributed by atoms with Crippen LogP contribution in [0.5, 0.6) is 0 Å². The number of aromatic nitrogens is 3. The zero-order valence-electron chi connectivity index (χ0n) is 13.4. The molecule has 2 heterocycles. The number of carbonyl (C=O) groups is 1. The van der Waals surface area contributed by atoms with E-state index in [9.17, 15) is 14.0 Å². The molecule has 2 N–H and O–H groups in total. The van der Waals surface area contributed by atoms with Crippen molar-refractivity contribution in [3.05, 3.63) is 58.1 Å². The third-order valence-corrected chi connectivity index (χ3v) is 4.36. The largest absolute Gasteiger partial charge is 0.346 e. The van der Waals surface area contributed by atoms with Crippen LogP contribution < -0.4 is 16.3 Å². The molecule has 2 amide bonds. The summed E-state index contributed by atoms with van der Waals surface area (Å²) in [5.41, 5.74) is 0.234. The van der Waals surface area contributed by atoms with Crippen LogP contribution in [0.3, 0.4) is 0 Å². The fourth-order valence-corrected chi connectivity index (χ4v) is 2.98. The van der Waals surface area contributed by atoms with E-state index < -0.39 is 6.03 Å². The van der Waals surface area contributed by atoms with Crippen LogP contribution >= 0.6 is 11.3 Å². The Balaban J connectivity index is 1.57. The summed E-state index contributed by atoms with van der Waals surface area (Å²) in [7, 11) is 1.66. The first-order valence-corrected chi connectivity index (χ1v) is 8.40. The molecule has 0 aliphatic heterocycles. The van der Waals surface area contributed by atoms with Gasteiger partial charge in [-0.2, -0.15) is 0 Å². The van der Waals surface area contributed by atoms with Gasteiger partial charge in [-0.15, -0.1) is 16.4 Å². The first-order valence-electron chi connectivity index (χ1n) is 7.53. The van der Waals surface area contributed by atoms with Gasteiger partial charge in [0.05, 0.1) is 11.4 Å². The van der Waals surface area contributed by atoms with Gasteiger partial charge in [-0.1, -0.05) is 6.07 Å². The van der Waals surface area contributed by atoms with E-state index in [1.807, 2.05) is 17.5 Å². The van der Waals surface area contributed by atoms with E-state index in [1.165, 1.54) is 44.9 Å². The minimum Gasteiger partial charge on any atom is -0.336 e. The number of anilines is 1. The van der Waals surface area contributed by atoms with Crippen molar-refractivity contribution in [2.24, 2.45) is 7.05 Å². The van der Waals surface area contributed by atoms with Gasteiger partial charge in [-0.3, -0.25) is 4.57 Å². The van der Waals surface area contributed by atoms with Crippen molar-refractivity contribution in [1.82, 2.24) is 19.7 Å². The topological polar surface area (TPSA) is 81.0 Å². The third-order valence-electron chi connectivity index (χ3n) is 3.49. The lowest BCUT2D eigenvalue weighted by Gasteiger charge is -2.07. The number of urea groups is 1. The van der Waals surface area contributed by atoms with Crippen molar-refractivity contribution >= 4 is 23.1 Å². The Hall–Kier alpha value is -2.94. The lowest BCUT2D eigenvalue weighted by Crippen LogP contribution is -2.34. The number of hydrogen-bond acceptors (Lipinski definition) is 4. The summed E-state index contributed by atoms with van der Waals surface area (Å²) in [4.78, 5) is 24.9. The van der Waals surface area contributed by atoms with Crippen LogP contribution in [0.4, 0.5) is 14.9 Å². The van der Waals surface area contributed by atoms with Gasteiger partial charge in [0.1, 0.15) is 5.82 Å². The second kappa shape index (κ2) is 7.31. The second-order valence-corrected chi connectivity index (χ2v) is 6.20. The van der Waals surface area contributed by atoms with Crippen molar-refractivity contribution in [2.45, 2.75) is 6.54 Å². The van der Waals surface area contributed by atoms with Gasteiger partial charge < -0.3 is 10.6 Å². The molecule has 7 nitrogen and oxygen atoms in total. The minimum absolute atomic E-state index is 0.230. The van der Waals surface area contributed by atoms with Crippen molar-refractivity contribution in [3.63, 3.8) is 0 Å². The number of amides is 2. The molecule has 9 heteroatoms. The molecule has 0 saturated carbocycles. The standard InChI is InChI=1S/C16H16FN5O2S/c1-21-14(13-3-2-10-25-13)20-22(16(21)24)9-8-18-15(23)19-12-6-4-11(17)5-7-12/h2-7,10H,8-9H2,1H3,(H2,18,19,23). The number of halogens is 1. The summed E-state index contributed by atoms with van der Waals surface area (Å²) in [5, 5.41) is 11.4. The average Bonchev–Trinajstić information content (AvgIpc) is 3.21. The molecule has 0 aliphatic carbocycles. The summed E-state index contributed by atoms with van der Waals surface area (Å²) in [6, 6.07) is 8.80. The molecular weight excluding hydrogens is 345 g/mol. The van der Waals surface area contributed by atoms with Crippen LogP contribution in [0, 0.1) is 5.82 Å². The van der Waals surface area contributed by atoms with Crippen LogP contribution in [0.25, 0.3) is 10.7 Å². The molecule has 0 unspecified atom stereocenters. The fraction of sp³-hybridized carbons (Fsp3) is 0.188. The molecule has 3 aromatic rings. The van der Waals surface area contributed by atoms with Crippen LogP contribution in [0.15, 0.2) is 46.6 Å². The highest BCUT2D eigenvalue weighted by atomic mass is 32.1. The first kappa shape index (κ1) is 16.9. The van der Waals surface area contributed by atoms with Gasteiger partial charge in [-0.05, 0) is 35.7 Å². The van der Waals surface area contributed by atoms with Gasteiger partial charge in [0.25, 0.3) is 0 Å². The summed E-state index contributed by atoms with van der Waals surface area (Å²) in [5.74, 6) is 0.220. The van der Waals surface area contributed by atoms with Gasteiger partial charge in [0.15, 0.2) is 5.82 Å². The Kier molecular flexibility index (Phi) is 4.94. The Labute approximate surface area is 146 Å². The van der Waals surface area contributed by atoms with Crippen LogP contribution in [0.2, 0.25) is 0 Å². The van der Waals surface area contributed by atoms with E-state index >= 15 is 0 Å². The Bertz CT molecular complexity index is 915. The van der Waals surface area contributed by atoms with Gasteiger partial charge in [-0.25, -0.2) is 18.7 Å². The normalized spacial score (nSPS) is 10.6. The van der Waals surface area contributed by atoms with Gasteiger partial charge in [0.2, 0.25) is 0 Å². The summed E-state index contributed by atoms with van der Waals surface area (Å²) in [6.45, 7) is 0.475. The molecule has 1 aromatic carbocycles. The Morgan fingerprint density at radius 1 is 1.28 bits per heavy atom. The molecular formula is C16H16FN5O2S. The highest BCUT2D eigenvalue weighted by Gasteiger charge is 2.12. The van der Waals surface area contributed by atoms with Crippen LogP contribution in [0.1, 0.15) is 0 Å². The smallest absolute Gasteiger partial charge is 0.336 e. The van der Waals surface area contributed by atoms with E-state index in [0.29, 0.717) is 11.5 Å². The van der Waals surface area contributed by atoms with Crippen molar-refractivity contribution in [3.8, 4) is 10.7 Å². The summed E-state index contributed by atoms with van der Waals surface area (Å²) in [6.07, 6.45) is 0. The molecule has 0 radical (unpaired) electrons. The number of nitrogens with one attached hydrogen (secondary N) is 2. The van der Waals surface area contributed by atoms with Crippen molar-refractivity contribution in [1.29, 1.82) is 0 Å². The number of nitrogens with zero attached hydrogens (tertiary/aromatic N) is 3. The zero-order chi connectivity index (χ0) is 17.8. The molecule has 2 aromatic heterocycles. The van der Waals surface area contributed by atoms with Gasteiger partial charge in [0, 0.05) is 19.3 Å². The maximum atomic E-state index is 12.8. The predicted octanol–water partition coefficient (Wildman–Crippen LogP) is 2.27. The summed E-state index contributed by atoms with van der Waals surface area (Å²) >= 11 is 1.50. The Morgan fingerprint density at radius 2 is 2.04 bits per heavy atom. The second-order valence-electron chi connectivity index (χ2n) is 5.25. The molecule has 130 valence electrons. The maximum Gasteiger partial charge on any atom is 0.346 e. The molecule has 0 saturated heterocycles. The molecule has 0 fully saturated rings. The monoisotopic (exact) mass is 361 g/mol. The van der Waals surface area contributed by atoms with Crippen molar-refractivity contribution < 1.29 is 9.18 Å². The van der Waals surface area contributed by atoms with E-state index in [1.54, 1.807) is 7.05 Å². The molecule has 0 spiro atoms. The molecule has 3 rings (SSSR count). The Morgan fingerprint density at radius 3 is 2.72 bits per heavy atom. The molecule has 0 bridgehead atoms. The highest BCUT2D eigenvalue weighted by Crippen LogP contribution is 2.20. The average molecular weight is 361 g/mol. The SMILES string of the molecule is Cn1c(-c2cccs2)nn(CCNC(=O)Nc2ccc(F)cc2)c1=O. The van der Waals surface area contributed by atoms with E-state index in [-0.39, 0.29) is 24.6 Å². The number of benzene rings is 1. The number of hydrogen-bond donors (Lipinski definition) is 2. The minimum atomic E-state index is -0.436. The third kappa shape index (κ3) is 3.94. The maximum absolute atomic E-state index is 12.8. The lowest BCUT2D eigenvalue weighted by molar-refractivity contribution is 0.251.